The number of likely N-dealkylation sites (N-methyl/N-ethyl adjacent to an activating group) is 1. The number of hydrogen-bond donors (Lipinski definition) is 1. The molecule has 0 unspecified atom stereocenters. The monoisotopic (exact) mass is 321 g/mol. The Hall–Kier alpha value is -1.66. The number of thiocarbonyl (C=S) groups is 1. The van der Waals surface area contributed by atoms with Gasteiger partial charge in [-0.2, -0.15) is 0 Å². The van der Waals surface area contributed by atoms with Crippen molar-refractivity contribution in [2.24, 2.45) is 0 Å². The molecule has 1 aliphatic heterocycles. The van der Waals surface area contributed by atoms with Crippen molar-refractivity contribution in [3.63, 3.8) is 0 Å². The first-order valence-corrected chi connectivity index (χ1v) is 7.83. The van der Waals surface area contributed by atoms with E-state index in [0.717, 1.165) is 11.3 Å². The number of ether oxygens (including phenoxy) is 1. The van der Waals surface area contributed by atoms with E-state index < -0.39 is 0 Å². The van der Waals surface area contributed by atoms with Crippen LogP contribution in [0.25, 0.3) is 0 Å². The van der Waals surface area contributed by atoms with Crippen molar-refractivity contribution < 1.29 is 9.53 Å². The molecular weight excluding hydrogens is 298 g/mol. The molecule has 5 nitrogen and oxygen atoms in total. The number of morpholine rings is 1. The summed E-state index contributed by atoms with van der Waals surface area (Å²) in [4.78, 5) is 15.8. The van der Waals surface area contributed by atoms with E-state index in [4.69, 9.17) is 17.0 Å². The maximum atomic E-state index is 12.2. The summed E-state index contributed by atoms with van der Waals surface area (Å²) in [5, 5.41) is 3.77. The van der Waals surface area contributed by atoms with Crippen molar-refractivity contribution in [2.75, 3.05) is 45.2 Å². The number of benzene rings is 1. The van der Waals surface area contributed by atoms with Crippen LogP contribution in [0.5, 0.6) is 0 Å². The van der Waals surface area contributed by atoms with Crippen molar-refractivity contribution in [3.05, 3.63) is 29.3 Å². The zero-order valence-corrected chi connectivity index (χ0v) is 14.2. The van der Waals surface area contributed by atoms with Crippen molar-refractivity contribution in [1.29, 1.82) is 0 Å². The lowest BCUT2D eigenvalue weighted by Crippen LogP contribution is -2.46. The largest absolute Gasteiger partial charge is 0.378 e. The molecule has 1 aromatic rings. The molecule has 1 heterocycles. The molecule has 1 aliphatic rings. The summed E-state index contributed by atoms with van der Waals surface area (Å²) in [6, 6.07) is 6.05. The van der Waals surface area contributed by atoms with E-state index in [1.165, 1.54) is 5.56 Å². The summed E-state index contributed by atoms with van der Waals surface area (Å²) in [5.74, 6) is 0.0796. The summed E-state index contributed by atoms with van der Waals surface area (Å²) in [6.07, 6.45) is 0. The van der Waals surface area contributed by atoms with Gasteiger partial charge in [-0.3, -0.25) is 4.79 Å². The van der Waals surface area contributed by atoms with Gasteiger partial charge in [0.05, 0.1) is 19.8 Å². The van der Waals surface area contributed by atoms with Crippen molar-refractivity contribution in [1.82, 2.24) is 9.80 Å². The Morgan fingerprint density at radius 3 is 2.73 bits per heavy atom. The Labute approximate surface area is 137 Å². The van der Waals surface area contributed by atoms with E-state index in [-0.39, 0.29) is 12.5 Å². The van der Waals surface area contributed by atoms with Gasteiger partial charge in [-0.1, -0.05) is 12.1 Å². The smallest absolute Gasteiger partial charge is 0.242 e. The molecule has 0 bridgehead atoms. The zero-order chi connectivity index (χ0) is 16.1. The van der Waals surface area contributed by atoms with Crippen LogP contribution in [-0.2, 0) is 9.53 Å². The number of amides is 1. The highest BCUT2D eigenvalue weighted by molar-refractivity contribution is 7.80. The van der Waals surface area contributed by atoms with E-state index in [1.807, 2.05) is 24.1 Å². The molecule has 6 heteroatoms. The number of nitrogens with one attached hydrogen (secondary N) is 1. The van der Waals surface area contributed by atoms with Crippen LogP contribution in [0.15, 0.2) is 18.2 Å². The lowest BCUT2D eigenvalue weighted by Gasteiger charge is -2.29. The van der Waals surface area contributed by atoms with Crippen molar-refractivity contribution in [2.45, 2.75) is 13.8 Å². The maximum Gasteiger partial charge on any atom is 0.242 e. The molecule has 0 aliphatic carbocycles. The molecule has 1 aromatic carbocycles. The summed E-state index contributed by atoms with van der Waals surface area (Å²) in [7, 11) is 1.83. The average molecular weight is 321 g/mol. The van der Waals surface area contributed by atoms with E-state index in [0.29, 0.717) is 31.4 Å². The number of anilines is 1. The van der Waals surface area contributed by atoms with Crippen LogP contribution in [0.3, 0.4) is 0 Å². The van der Waals surface area contributed by atoms with Gasteiger partial charge >= 0.3 is 0 Å². The first-order valence-electron chi connectivity index (χ1n) is 7.43. The number of hydrogen-bond acceptors (Lipinski definition) is 3. The van der Waals surface area contributed by atoms with Gasteiger partial charge in [-0.25, -0.2) is 0 Å². The van der Waals surface area contributed by atoms with Gasteiger partial charge in [0.1, 0.15) is 0 Å². The first kappa shape index (κ1) is 16.7. The zero-order valence-electron chi connectivity index (χ0n) is 13.4. The molecule has 1 amide bonds. The van der Waals surface area contributed by atoms with Gasteiger partial charge in [0.2, 0.25) is 5.91 Å². The minimum absolute atomic E-state index is 0.0796. The summed E-state index contributed by atoms with van der Waals surface area (Å²) < 4.78 is 5.26. The summed E-state index contributed by atoms with van der Waals surface area (Å²) >= 11 is 5.40. The summed E-state index contributed by atoms with van der Waals surface area (Å²) in [6.45, 7) is 6.93. The third kappa shape index (κ3) is 4.18. The third-order valence-electron chi connectivity index (χ3n) is 3.93. The Balaban J connectivity index is 1.91. The standard InChI is InChI=1S/C16H23N3O2S/c1-12-5-4-6-14(13(12)2)17-16(22)18(3)11-15(20)19-7-9-21-10-8-19/h4-6H,7-11H2,1-3H3,(H,17,22). The highest BCUT2D eigenvalue weighted by Gasteiger charge is 2.19. The lowest BCUT2D eigenvalue weighted by molar-refractivity contribution is -0.135. The van der Waals surface area contributed by atoms with Gasteiger partial charge in [-0.15, -0.1) is 0 Å². The topological polar surface area (TPSA) is 44.8 Å². The SMILES string of the molecule is Cc1cccc(NC(=S)N(C)CC(=O)N2CCOCC2)c1C. The first-order chi connectivity index (χ1) is 10.5. The minimum atomic E-state index is 0.0796. The predicted molar refractivity (Wildman–Crippen MR) is 92.2 cm³/mol. The molecule has 1 saturated heterocycles. The van der Waals surface area contributed by atoms with Gasteiger partial charge in [0.15, 0.2) is 5.11 Å². The van der Waals surface area contributed by atoms with Crippen LogP contribution >= 0.6 is 12.2 Å². The van der Waals surface area contributed by atoms with Crippen LogP contribution < -0.4 is 5.32 Å². The van der Waals surface area contributed by atoms with Crippen LogP contribution in [0.2, 0.25) is 0 Å². The second-order valence-corrected chi connectivity index (χ2v) is 5.91. The molecule has 0 aromatic heterocycles. The molecule has 2 rings (SSSR count). The number of rotatable bonds is 3. The molecule has 0 spiro atoms. The normalized spacial score (nSPS) is 14.6. The average Bonchev–Trinajstić information content (AvgIpc) is 2.52. The van der Waals surface area contributed by atoms with Gasteiger partial charge in [0, 0.05) is 25.8 Å². The van der Waals surface area contributed by atoms with Gasteiger partial charge < -0.3 is 19.9 Å². The Kier molecular flexibility index (Phi) is 5.74. The molecule has 0 radical (unpaired) electrons. The van der Waals surface area contributed by atoms with Crippen LogP contribution in [0, 0.1) is 13.8 Å². The van der Waals surface area contributed by atoms with Crippen LogP contribution in [-0.4, -0.2) is 60.7 Å². The Morgan fingerprint density at radius 2 is 2.05 bits per heavy atom. The predicted octanol–water partition coefficient (Wildman–Crippen LogP) is 1.79. The van der Waals surface area contributed by atoms with E-state index in [9.17, 15) is 4.79 Å². The molecule has 1 fully saturated rings. The van der Waals surface area contributed by atoms with E-state index in [2.05, 4.69) is 25.2 Å². The van der Waals surface area contributed by atoms with Gasteiger partial charge in [-0.05, 0) is 43.3 Å². The molecule has 22 heavy (non-hydrogen) atoms. The fraction of sp³-hybridized carbons (Fsp3) is 0.500. The fourth-order valence-corrected chi connectivity index (χ4v) is 2.46. The number of nitrogens with zero attached hydrogens (tertiary/aromatic N) is 2. The molecule has 0 saturated carbocycles. The van der Waals surface area contributed by atoms with Crippen molar-refractivity contribution in [3.8, 4) is 0 Å². The quantitative estimate of drug-likeness (QED) is 0.860. The minimum Gasteiger partial charge on any atom is -0.378 e. The number of carbonyl (C=O) groups is 1. The van der Waals surface area contributed by atoms with E-state index >= 15 is 0 Å². The molecule has 1 N–H and O–H groups in total. The number of aryl methyl sites for hydroxylation is 1. The second kappa shape index (κ2) is 7.56. The number of carbonyl (C=O) groups excluding carboxylic acids is 1. The summed E-state index contributed by atoms with van der Waals surface area (Å²) in [5.41, 5.74) is 3.35. The lowest BCUT2D eigenvalue weighted by atomic mass is 10.1. The maximum absolute atomic E-state index is 12.2. The van der Waals surface area contributed by atoms with Gasteiger partial charge in [0.25, 0.3) is 0 Å². The molecular formula is C16H23N3O2S. The molecule has 120 valence electrons. The highest BCUT2D eigenvalue weighted by atomic mass is 32.1. The third-order valence-corrected chi connectivity index (χ3v) is 4.34. The van der Waals surface area contributed by atoms with Crippen LogP contribution in [0.4, 0.5) is 5.69 Å². The fourth-order valence-electron chi connectivity index (χ4n) is 2.28. The highest BCUT2D eigenvalue weighted by Crippen LogP contribution is 2.18. The Bertz CT molecular complexity index is 556. The van der Waals surface area contributed by atoms with Crippen molar-refractivity contribution >= 4 is 28.9 Å². The second-order valence-electron chi connectivity index (χ2n) is 5.53. The molecule has 0 atom stereocenters. The van der Waals surface area contributed by atoms with Crippen LogP contribution in [0.1, 0.15) is 11.1 Å². The van der Waals surface area contributed by atoms with E-state index in [1.54, 1.807) is 4.90 Å². The Morgan fingerprint density at radius 1 is 1.36 bits per heavy atom.